The molecule has 0 unspecified atom stereocenters. The van der Waals surface area contributed by atoms with E-state index in [9.17, 15) is 18.0 Å². The van der Waals surface area contributed by atoms with Gasteiger partial charge in [0.05, 0.1) is 5.56 Å². The average Bonchev–Trinajstić information content (AvgIpc) is 3.00. The van der Waals surface area contributed by atoms with Gasteiger partial charge in [-0.2, -0.15) is 18.3 Å². The van der Waals surface area contributed by atoms with Crippen LogP contribution in [0.1, 0.15) is 48.6 Å². The Labute approximate surface area is 147 Å². The number of aliphatic carboxylic acids is 1. The number of carbonyl (C=O) groups is 1. The molecule has 0 bridgehead atoms. The number of hydrogen-bond acceptors (Lipinski definition) is 4. The molecule has 0 amide bonds. The molecule has 6 nitrogen and oxygen atoms in total. The van der Waals surface area contributed by atoms with Crippen molar-refractivity contribution in [2.24, 2.45) is 0 Å². The van der Waals surface area contributed by atoms with Gasteiger partial charge in [0.2, 0.25) is 0 Å². The number of nitrogens with one attached hydrogen (secondary N) is 2. The molecular formula is C17H19F3N2O4. The predicted octanol–water partition coefficient (Wildman–Crippen LogP) is 3.29. The molecule has 1 aromatic carbocycles. The van der Waals surface area contributed by atoms with E-state index >= 15 is 0 Å². The van der Waals surface area contributed by atoms with Crippen LogP contribution in [0.15, 0.2) is 39.6 Å². The Balaban J connectivity index is 0.000000552. The third-order valence-corrected chi connectivity index (χ3v) is 3.97. The number of aromatic amines is 1. The minimum Gasteiger partial charge on any atom is -0.481 e. The van der Waals surface area contributed by atoms with Crippen LogP contribution < -0.4 is 10.9 Å². The highest BCUT2D eigenvalue weighted by molar-refractivity contribution is 5.62. The zero-order chi connectivity index (χ0) is 19.3. The summed E-state index contributed by atoms with van der Waals surface area (Å²) >= 11 is 0. The Kier molecular flexibility index (Phi) is 6.25. The third kappa shape index (κ3) is 5.48. The summed E-state index contributed by atoms with van der Waals surface area (Å²) in [5, 5.41) is 12.9. The summed E-state index contributed by atoms with van der Waals surface area (Å²) in [6, 6.07) is 6.55. The number of rotatable bonds is 2. The van der Waals surface area contributed by atoms with Gasteiger partial charge in [-0.15, -0.1) is 0 Å². The second kappa shape index (κ2) is 8.22. The van der Waals surface area contributed by atoms with Crippen molar-refractivity contribution in [3.05, 3.63) is 57.6 Å². The Morgan fingerprint density at radius 3 is 2.58 bits per heavy atom. The molecule has 2 aromatic rings. The standard InChI is InChI=1S/C15H15F3N2O2.C2H4O2/c16-15(17,18)11-3-1-2-9(6-11)12-7-10(4-5-19-12)13-8-14(21)20-22-13;1-2(3)4/h1-3,6,8,10,12,19H,4-5,7H2,(H,20,21);1H3,(H,3,4)/t10-,12-;/m1./s1. The van der Waals surface area contributed by atoms with E-state index in [2.05, 4.69) is 10.5 Å². The fraction of sp³-hybridized carbons (Fsp3) is 0.412. The van der Waals surface area contributed by atoms with Crippen molar-refractivity contribution < 1.29 is 27.6 Å². The molecule has 3 rings (SSSR count). The summed E-state index contributed by atoms with van der Waals surface area (Å²) in [6.07, 6.45) is -2.99. The quantitative estimate of drug-likeness (QED) is 0.752. The normalized spacial score (nSPS) is 20.2. The molecule has 2 heterocycles. The van der Waals surface area contributed by atoms with E-state index in [1.165, 1.54) is 18.2 Å². The summed E-state index contributed by atoms with van der Waals surface area (Å²) in [6.45, 7) is 1.74. The molecule has 1 aliphatic rings. The van der Waals surface area contributed by atoms with Gasteiger partial charge in [-0.05, 0) is 37.1 Å². The summed E-state index contributed by atoms with van der Waals surface area (Å²) in [5.74, 6) is -0.261. The van der Waals surface area contributed by atoms with E-state index in [0.29, 0.717) is 24.3 Å². The van der Waals surface area contributed by atoms with Crippen LogP contribution in [0.5, 0.6) is 0 Å². The predicted molar refractivity (Wildman–Crippen MR) is 86.8 cm³/mol. The third-order valence-electron chi connectivity index (χ3n) is 3.97. The van der Waals surface area contributed by atoms with Gasteiger partial charge >= 0.3 is 6.18 Å². The smallest absolute Gasteiger partial charge is 0.416 e. The van der Waals surface area contributed by atoms with Crippen LogP contribution in [0.3, 0.4) is 0 Å². The van der Waals surface area contributed by atoms with Crippen LogP contribution in [0.2, 0.25) is 0 Å². The molecule has 0 spiro atoms. The lowest BCUT2D eigenvalue weighted by atomic mass is 9.87. The first-order valence-corrected chi connectivity index (χ1v) is 7.95. The number of hydrogen-bond donors (Lipinski definition) is 3. The van der Waals surface area contributed by atoms with Crippen molar-refractivity contribution in [2.45, 2.75) is 37.9 Å². The highest BCUT2D eigenvalue weighted by atomic mass is 19.4. The number of piperidine rings is 1. The molecule has 142 valence electrons. The SMILES string of the molecule is CC(=O)O.O=c1cc([C@@H]2CCN[C@@H](c3cccc(C(F)(F)F)c3)C2)o[nH]1. The summed E-state index contributed by atoms with van der Waals surface area (Å²) in [4.78, 5) is 20.1. The maximum Gasteiger partial charge on any atom is 0.416 e. The van der Waals surface area contributed by atoms with E-state index in [1.807, 2.05) is 0 Å². The first-order valence-electron chi connectivity index (χ1n) is 7.95. The topological polar surface area (TPSA) is 95.3 Å². The summed E-state index contributed by atoms with van der Waals surface area (Å²) in [7, 11) is 0. The molecular weight excluding hydrogens is 353 g/mol. The van der Waals surface area contributed by atoms with Crippen LogP contribution in [0.25, 0.3) is 0 Å². The Hall–Kier alpha value is -2.55. The van der Waals surface area contributed by atoms with Gasteiger partial charge in [0.15, 0.2) is 0 Å². The van der Waals surface area contributed by atoms with Crippen LogP contribution in [-0.2, 0) is 11.0 Å². The van der Waals surface area contributed by atoms with Crippen LogP contribution in [-0.4, -0.2) is 22.8 Å². The van der Waals surface area contributed by atoms with Gasteiger partial charge in [-0.3, -0.25) is 9.59 Å². The zero-order valence-electron chi connectivity index (χ0n) is 14.0. The number of alkyl halides is 3. The molecule has 1 aliphatic heterocycles. The van der Waals surface area contributed by atoms with Crippen molar-refractivity contribution in [1.29, 1.82) is 0 Å². The fourth-order valence-electron chi connectivity index (χ4n) is 2.86. The van der Waals surface area contributed by atoms with Crippen LogP contribution >= 0.6 is 0 Å². The lowest BCUT2D eigenvalue weighted by Gasteiger charge is -2.29. The fourth-order valence-corrected chi connectivity index (χ4v) is 2.86. The van der Waals surface area contributed by atoms with Crippen molar-refractivity contribution in [3.63, 3.8) is 0 Å². The summed E-state index contributed by atoms with van der Waals surface area (Å²) in [5.41, 5.74) is -0.358. The number of carboxylic acid groups (broad SMARTS) is 1. The van der Waals surface area contributed by atoms with E-state index in [0.717, 1.165) is 19.4 Å². The van der Waals surface area contributed by atoms with Gasteiger partial charge in [0, 0.05) is 24.9 Å². The summed E-state index contributed by atoms with van der Waals surface area (Å²) < 4.78 is 43.5. The first kappa shape index (κ1) is 19.8. The van der Waals surface area contributed by atoms with E-state index < -0.39 is 17.7 Å². The van der Waals surface area contributed by atoms with Gasteiger partial charge in [-0.25, -0.2) is 0 Å². The molecule has 2 atom stereocenters. The van der Waals surface area contributed by atoms with E-state index in [1.54, 1.807) is 6.07 Å². The molecule has 26 heavy (non-hydrogen) atoms. The zero-order valence-corrected chi connectivity index (χ0v) is 14.0. The molecule has 0 saturated carbocycles. The Morgan fingerprint density at radius 1 is 1.31 bits per heavy atom. The molecule has 0 aliphatic carbocycles. The molecule has 1 saturated heterocycles. The second-order valence-corrected chi connectivity index (χ2v) is 5.99. The average molecular weight is 372 g/mol. The number of carboxylic acids is 1. The number of benzene rings is 1. The van der Waals surface area contributed by atoms with Crippen molar-refractivity contribution in [3.8, 4) is 0 Å². The molecule has 0 radical (unpaired) electrons. The van der Waals surface area contributed by atoms with Gasteiger partial charge in [0.25, 0.3) is 11.5 Å². The van der Waals surface area contributed by atoms with Crippen LogP contribution in [0.4, 0.5) is 13.2 Å². The molecule has 1 fully saturated rings. The molecule has 1 aromatic heterocycles. The maximum atomic E-state index is 12.8. The van der Waals surface area contributed by atoms with E-state index in [4.69, 9.17) is 14.4 Å². The number of halogens is 3. The Morgan fingerprint density at radius 2 is 2.00 bits per heavy atom. The number of aromatic nitrogens is 1. The lowest BCUT2D eigenvalue weighted by Crippen LogP contribution is -2.31. The highest BCUT2D eigenvalue weighted by Crippen LogP contribution is 2.36. The second-order valence-electron chi connectivity index (χ2n) is 5.99. The largest absolute Gasteiger partial charge is 0.481 e. The van der Waals surface area contributed by atoms with Crippen molar-refractivity contribution >= 4 is 5.97 Å². The van der Waals surface area contributed by atoms with Crippen LogP contribution in [0, 0.1) is 0 Å². The minimum atomic E-state index is -4.35. The minimum absolute atomic E-state index is 0.0137. The Bertz CT molecular complexity index is 794. The molecule has 9 heteroatoms. The first-order chi connectivity index (χ1) is 12.2. The lowest BCUT2D eigenvalue weighted by molar-refractivity contribution is -0.137. The van der Waals surface area contributed by atoms with Crippen molar-refractivity contribution in [2.75, 3.05) is 6.54 Å². The molecule has 3 N–H and O–H groups in total. The highest BCUT2D eigenvalue weighted by Gasteiger charge is 2.32. The van der Waals surface area contributed by atoms with Gasteiger partial charge in [0.1, 0.15) is 5.76 Å². The van der Waals surface area contributed by atoms with Gasteiger partial charge in [-0.1, -0.05) is 12.1 Å². The van der Waals surface area contributed by atoms with Gasteiger partial charge < -0.3 is 14.9 Å². The monoisotopic (exact) mass is 372 g/mol. The number of H-pyrrole nitrogens is 1. The van der Waals surface area contributed by atoms with E-state index in [-0.39, 0.29) is 17.5 Å². The van der Waals surface area contributed by atoms with Crippen molar-refractivity contribution in [1.82, 2.24) is 10.5 Å². The maximum absolute atomic E-state index is 12.8.